The van der Waals surface area contributed by atoms with Crippen molar-refractivity contribution in [2.75, 3.05) is 6.61 Å². The van der Waals surface area contributed by atoms with Crippen molar-refractivity contribution in [3.8, 4) is 5.69 Å². The summed E-state index contributed by atoms with van der Waals surface area (Å²) in [7, 11) is 0. The smallest absolute Gasteiger partial charge is 0.335 e. The maximum Gasteiger partial charge on any atom is 0.335 e. The Bertz CT molecular complexity index is 1300. The molecule has 1 heterocycles. The molecule has 0 spiro atoms. The molecule has 0 fully saturated rings. The van der Waals surface area contributed by atoms with Gasteiger partial charge in [0.15, 0.2) is 5.78 Å². The van der Waals surface area contributed by atoms with Crippen molar-refractivity contribution >= 4 is 11.8 Å². The van der Waals surface area contributed by atoms with Gasteiger partial charge in [0.2, 0.25) is 6.04 Å². The number of carbonyl (C=O) groups excluding carboxylic acids is 2. The van der Waals surface area contributed by atoms with Gasteiger partial charge in [0.1, 0.15) is 11.6 Å². The number of benzene rings is 2. The maximum absolute atomic E-state index is 14.5. The van der Waals surface area contributed by atoms with Crippen molar-refractivity contribution in [1.82, 2.24) is 4.57 Å². The minimum Gasteiger partial charge on any atom is -0.464 e. The van der Waals surface area contributed by atoms with Crippen LogP contribution in [0.15, 0.2) is 64.7 Å². The summed E-state index contributed by atoms with van der Waals surface area (Å²) in [6.45, 7) is 5.02. The molecule has 0 saturated heterocycles. The van der Waals surface area contributed by atoms with E-state index in [4.69, 9.17) is 4.74 Å². The average Bonchev–Trinajstić information content (AvgIpc) is 2.78. The van der Waals surface area contributed by atoms with E-state index in [0.717, 1.165) is 23.3 Å². The molecular weight excluding hydrogens is 446 g/mol. The van der Waals surface area contributed by atoms with Crippen molar-refractivity contribution in [3.05, 3.63) is 104 Å². The van der Waals surface area contributed by atoms with Crippen molar-refractivity contribution < 1.29 is 23.1 Å². The number of aromatic nitrogens is 1. The molecule has 3 rings (SSSR count). The quantitative estimate of drug-likeness (QED) is 0.278. The zero-order chi connectivity index (χ0) is 25.0. The van der Waals surface area contributed by atoms with Gasteiger partial charge in [-0.05, 0) is 49.6 Å². The topological polar surface area (TPSA) is 94.8 Å². The highest BCUT2D eigenvalue weighted by Crippen LogP contribution is 2.29. The molecule has 176 valence electrons. The van der Waals surface area contributed by atoms with E-state index in [-0.39, 0.29) is 12.2 Å². The summed E-state index contributed by atoms with van der Waals surface area (Å²) in [6.07, 6.45) is 1.32. The number of nitroso groups, excluding NO2 is 1. The first-order chi connectivity index (χ1) is 16.2. The molecule has 0 aliphatic carbocycles. The number of carbonyl (C=O) groups is 2. The Morgan fingerprint density at radius 3 is 2.32 bits per heavy atom. The highest BCUT2D eigenvalue weighted by molar-refractivity contribution is 6.04. The van der Waals surface area contributed by atoms with E-state index in [2.05, 4.69) is 5.18 Å². The zero-order valence-electron chi connectivity index (χ0n) is 18.7. The van der Waals surface area contributed by atoms with Gasteiger partial charge in [0, 0.05) is 18.3 Å². The highest BCUT2D eigenvalue weighted by atomic mass is 19.1. The molecule has 0 radical (unpaired) electrons. The van der Waals surface area contributed by atoms with E-state index < -0.39 is 46.5 Å². The summed E-state index contributed by atoms with van der Waals surface area (Å²) in [4.78, 5) is 50.3. The number of ether oxygens (including phenoxy) is 1. The Morgan fingerprint density at radius 2 is 1.74 bits per heavy atom. The molecule has 2 atom stereocenters. The number of nitrogens with zero attached hydrogens (tertiary/aromatic N) is 2. The first-order valence-electron chi connectivity index (χ1n) is 10.5. The van der Waals surface area contributed by atoms with E-state index in [1.165, 1.54) is 29.8 Å². The van der Waals surface area contributed by atoms with Crippen LogP contribution in [0, 0.1) is 30.4 Å². The Balaban J connectivity index is 2.24. The highest BCUT2D eigenvalue weighted by Gasteiger charge is 2.39. The van der Waals surface area contributed by atoms with E-state index >= 15 is 0 Å². The van der Waals surface area contributed by atoms with E-state index in [1.54, 1.807) is 26.0 Å². The van der Waals surface area contributed by atoms with Gasteiger partial charge in [0.05, 0.1) is 23.8 Å². The van der Waals surface area contributed by atoms with Gasteiger partial charge in [-0.25, -0.2) is 13.6 Å². The van der Waals surface area contributed by atoms with Crippen LogP contribution in [0.4, 0.5) is 8.78 Å². The van der Waals surface area contributed by atoms with Gasteiger partial charge >= 0.3 is 5.97 Å². The number of pyridine rings is 1. The molecule has 0 aliphatic rings. The Morgan fingerprint density at radius 1 is 1.06 bits per heavy atom. The standard InChI is InChI=1S/C25H22F2N2O5/c1-4-34-25(32)22(28-33)21(24(31)18-10-9-17(26)12-19(18)27)16-8-11-20(30)29(13-16)23-14(2)6-5-7-15(23)3/h5-13,21-22H,4H2,1-3H3. The second-order valence-corrected chi connectivity index (χ2v) is 7.68. The first-order valence-corrected chi connectivity index (χ1v) is 10.5. The van der Waals surface area contributed by atoms with Crippen LogP contribution in [-0.4, -0.2) is 29.0 Å². The molecule has 0 saturated carbocycles. The van der Waals surface area contributed by atoms with Crippen LogP contribution in [0.25, 0.3) is 5.69 Å². The molecule has 1 aromatic heterocycles. The summed E-state index contributed by atoms with van der Waals surface area (Å²) in [5.74, 6) is -5.74. The number of hydrogen-bond acceptors (Lipinski definition) is 6. The predicted molar refractivity (Wildman–Crippen MR) is 121 cm³/mol. The van der Waals surface area contributed by atoms with Crippen molar-refractivity contribution in [3.63, 3.8) is 0 Å². The average molecular weight is 468 g/mol. The lowest BCUT2D eigenvalue weighted by Crippen LogP contribution is -2.34. The number of esters is 1. The lowest BCUT2D eigenvalue weighted by atomic mass is 9.85. The lowest BCUT2D eigenvalue weighted by molar-refractivity contribution is -0.144. The number of rotatable bonds is 8. The molecule has 2 unspecified atom stereocenters. The number of ketones is 1. The predicted octanol–water partition coefficient (Wildman–Crippen LogP) is 4.40. The summed E-state index contributed by atoms with van der Waals surface area (Å²) < 4.78 is 34.1. The lowest BCUT2D eigenvalue weighted by Gasteiger charge is -2.22. The largest absolute Gasteiger partial charge is 0.464 e. The third-order valence-corrected chi connectivity index (χ3v) is 5.41. The number of halogens is 2. The molecule has 0 aliphatic heterocycles. The Labute approximate surface area is 194 Å². The van der Waals surface area contributed by atoms with Crippen LogP contribution < -0.4 is 5.56 Å². The van der Waals surface area contributed by atoms with Gasteiger partial charge in [-0.3, -0.25) is 14.2 Å². The monoisotopic (exact) mass is 468 g/mol. The fourth-order valence-electron chi connectivity index (χ4n) is 3.85. The molecule has 3 aromatic rings. The first kappa shape index (κ1) is 24.6. The van der Waals surface area contributed by atoms with Crippen molar-refractivity contribution in [2.45, 2.75) is 32.7 Å². The maximum atomic E-state index is 14.5. The molecule has 9 heteroatoms. The van der Waals surface area contributed by atoms with Crippen molar-refractivity contribution in [1.29, 1.82) is 0 Å². The van der Waals surface area contributed by atoms with Gasteiger partial charge in [-0.1, -0.05) is 29.4 Å². The van der Waals surface area contributed by atoms with E-state index in [0.29, 0.717) is 11.8 Å². The van der Waals surface area contributed by atoms with Crippen LogP contribution in [0.1, 0.15) is 39.9 Å². The van der Waals surface area contributed by atoms with Crippen LogP contribution in [0.5, 0.6) is 0 Å². The van der Waals surface area contributed by atoms with Crippen LogP contribution in [0.3, 0.4) is 0 Å². The van der Waals surface area contributed by atoms with Gasteiger partial charge in [-0.2, -0.15) is 0 Å². The molecule has 0 bridgehead atoms. The van der Waals surface area contributed by atoms with E-state index in [1.807, 2.05) is 6.07 Å². The molecular formula is C25H22F2N2O5. The van der Waals surface area contributed by atoms with E-state index in [9.17, 15) is 28.1 Å². The number of aryl methyl sites for hydroxylation is 2. The third-order valence-electron chi connectivity index (χ3n) is 5.41. The summed E-state index contributed by atoms with van der Waals surface area (Å²) in [5, 5.41) is 2.81. The second kappa shape index (κ2) is 10.3. The van der Waals surface area contributed by atoms with Gasteiger partial charge in [0.25, 0.3) is 5.56 Å². The number of hydrogen-bond donors (Lipinski definition) is 0. The minimum atomic E-state index is -1.86. The Hall–Kier alpha value is -4.01. The molecule has 7 nitrogen and oxygen atoms in total. The number of para-hydroxylation sites is 1. The van der Waals surface area contributed by atoms with Crippen molar-refractivity contribution in [2.24, 2.45) is 5.18 Å². The van der Waals surface area contributed by atoms with Crippen LogP contribution >= 0.6 is 0 Å². The second-order valence-electron chi connectivity index (χ2n) is 7.68. The minimum absolute atomic E-state index is 0.0635. The van der Waals surface area contributed by atoms with Gasteiger partial charge < -0.3 is 4.74 Å². The molecule has 0 amide bonds. The zero-order valence-corrected chi connectivity index (χ0v) is 18.7. The Kier molecular flexibility index (Phi) is 7.45. The van der Waals surface area contributed by atoms with Crippen LogP contribution in [-0.2, 0) is 9.53 Å². The van der Waals surface area contributed by atoms with Gasteiger partial charge in [-0.15, -0.1) is 4.91 Å². The SMILES string of the molecule is CCOC(=O)C(N=O)C(C(=O)c1ccc(F)cc1F)c1ccc(=O)n(-c2c(C)cccc2C)c1. The molecule has 0 N–H and O–H groups in total. The fraction of sp³-hybridized carbons (Fsp3) is 0.240. The summed E-state index contributed by atoms with van der Waals surface area (Å²) in [5.41, 5.74) is 1.19. The summed E-state index contributed by atoms with van der Waals surface area (Å²) >= 11 is 0. The molecule has 34 heavy (non-hydrogen) atoms. The number of Topliss-reactive ketones (excluding diaryl/α,β-unsaturated/α-hetero) is 1. The van der Waals surface area contributed by atoms with Crippen LogP contribution in [0.2, 0.25) is 0 Å². The summed E-state index contributed by atoms with van der Waals surface area (Å²) in [6, 6.07) is 8.34. The molecule has 2 aromatic carbocycles. The normalized spacial score (nSPS) is 12.6. The fourth-order valence-corrected chi connectivity index (χ4v) is 3.85. The third kappa shape index (κ3) is 4.83.